The van der Waals surface area contributed by atoms with Gasteiger partial charge in [-0.05, 0) is 24.7 Å². The Bertz CT molecular complexity index is 889. The van der Waals surface area contributed by atoms with Crippen molar-refractivity contribution in [3.8, 4) is 11.3 Å². The molecule has 1 aromatic carbocycles. The minimum Gasteiger partial charge on any atom is -0.466 e. The van der Waals surface area contributed by atoms with Crippen molar-refractivity contribution in [2.75, 3.05) is 19.7 Å². The molecule has 28 heavy (non-hydrogen) atoms. The zero-order chi connectivity index (χ0) is 19.7. The quantitative estimate of drug-likeness (QED) is 0.600. The first-order valence-corrected chi connectivity index (χ1v) is 9.75. The normalized spacial score (nSPS) is 26.1. The molecular formula is C22H24N2O4. The molecule has 1 aliphatic heterocycles. The molecule has 146 valence electrons. The predicted octanol–water partition coefficient (Wildman–Crippen LogP) is 3.42. The number of hydrogen-bond donors (Lipinski definition) is 0. The molecule has 2 aliphatic rings. The van der Waals surface area contributed by atoms with Gasteiger partial charge >= 0.3 is 5.97 Å². The highest BCUT2D eigenvalue weighted by molar-refractivity contribution is 5.93. The Balaban J connectivity index is 1.51. The van der Waals surface area contributed by atoms with Crippen LogP contribution in [-0.4, -0.2) is 41.6 Å². The first-order valence-electron chi connectivity index (χ1n) is 9.75. The minimum atomic E-state index is -0.218. The van der Waals surface area contributed by atoms with E-state index in [2.05, 4.69) is 17.3 Å². The fourth-order valence-electron chi connectivity index (χ4n) is 4.34. The second-order valence-electron chi connectivity index (χ2n) is 7.50. The van der Waals surface area contributed by atoms with Crippen LogP contribution >= 0.6 is 0 Å². The molecule has 4 rings (SSSR count). The number of amides is 1. The summed E-state index contributed by atoms with van der Waals surface area (Å²) in [6, 6.07) is 11.2. The van der Waals surface area contributed by atoms with Crippen LogP contribution in [0, 0.1) is 23.7 Å². The van der Waals surface area contributed by atoms with Crippen LogP contribution in [0.4, 0.5) is 0 Å². The highest BCUT2D eigenvalue weighted by atomic mass is 16.5. The topological polar surface area (TPSA) is 72.6 Å². The number of nitrogens with zero attached hydrogens (tertiary/aromatic N) is 2. The van der Waals surface area contributed by atoms with Crippen molar-refractivity contribution in [2.24, 2.45) is 23.7 Å². The van der Waals surface area contributed by atoms with E-state index in [-0.39, 0.29) is 35.5 Å². The van der Waals surface area contributed by atoms with Gasteiger partial charge in [-0.2, -0.15) is 0 Å². The first-order chi connectivity index (χ1) is 13.6. The number of ether oxygens (including phenoxy) is 1. The monoisotopic (exact) mass is 380 g/mol. The van der Waals surface area contributed by atoms with Crippen molar-refractivity contribution in [1.82, 2.24) is 10.1 Å². The van der Waals surface area contributed by atoms with Crippen molar-refractivity contribution in [2.45, 2.75) is 13.8 Å². The summed E-state index contributed by atoms with van der Waals surface area (Å²) in [4.78, 5) is 27.2. The highest BCUT2D eigenvalue weighted by Crippen LogP contribution is 2.40. The summed E-state index contributed by atoms with van der Waals surface area (Å²) in [5.41, 5.74) is 1.17. The van der Waals surface area contributed by atoms with E-state index in [0.717, 1.165) is 5.56 Å². The molecule has 0 N–H and O–H groups in total. The zero-order valence-electron chi connectivity index (χ0n) is 16.1. The maximum absolute atomic E-state index is 13.0. The zero-order valence-corrected chi connectivity index (χ0v) is 16.1. The molecule has 2 aromatic rings. The Morgan fingerprint density at radius 1 is 1.21 bits per heavy atom. The summed E-state index contributed by atoms with van der Waals surface area (Å²) >= 11 is 0. The molecule has 1 saturated heterocycles. The third-order valence-corrected chi connectivity index (χ3v) is 5.74. The molecule has 0 spiro atoms. The molecular weight excluding hydrogens is 356 g/mol. The third kappa shape index (κ3) is 3.35. The summed E-state index contributed by atoms with van der Waals surface area (Å²) in [5.74, 6) is 0.356. The fourth-order valence-corrected chi connectivity index (χ4v) is 4.34. The number of benzene rings is 1. The molecule has 1 amide bonds. The molecule has 6 nitrogen and oxygen atoms in total. The van der Waals surface area contributed by atoms with Crippen LogP contribution in [0.1, 0.15) is 24.3 Å². The molecule has 0 bridgehead atoms. The van der Waals surface area contributed by atoms with Gasteiger partial charge in [0.2, 0.25) is 0 Å². The fraction of sp³-hybridized carbons (Fsp3) is 0.409. The van der Waals surface area contributed by atoms with Crippen LogP contribution in [0.25, 0.3) is 11.3 Å². The molecule has 0 unspecified atom stereocenters. The average Bonchev–Trinajstić information content (AvgIpc) is 3.35. The Morgan fingerprint density at radius 2 is 2.00 bits per heavy atom. The largest absolute Gasteiger partial charge is 0.466 e. The number of allylic oxidation sites excluding steroid dienone is 1. The van der Waals surface area contributed by atoms with Crippen molar-refractivity contribution in [1.29, 1.82) is 0 Å². The van der Waals surface area contributed by atoms with Crippen molar-refractivity contribution >= 4 is 11.9 Å². The number of likely N-dealkylation sites (tertiary alicyclic amines) is 1. The Labute approximate surface area is 164 Å². The molecule has 1 fully saturated rings. The van der Waals surface area contributed by atoms with Gasteiger partial charge in [0.25, 0.3) is 5.91 Å². The van der Waals surface area contributed by atoms with Gasteiger partial charge in [-0.3, -0.25) is 9.59 Å². The van der Waals surface area contributed by atoms with Gasteiger partial charge in [-0.15, -0.1) is 0 Å². The number of fused-ring (bicyclic) bond motifs is 1. The molecule has 0 radical (unpaired) electrons. The van der Waals surface area contributed by atoms with Crippen LogP contribution in [0.5, 0.6) is 0 Å². The maximum atomic E-state index is 13.0. The SMILES string of the molecule is CCOC(=O)[C@@H]1[C@H]2CN(C(=O)c3cc(-c4ccccc4)on3)C[C@@H]2C=C[C@@H]1C. The predicted molar refractivity (Wildman–Crippen MR) is 103 cm³/mol. The van der Waals surface area contributed by atoms with Gasteiger partial charge in [0.15, 0.2) is 11.5 Å². The maximum Gasteiger partial charge on any atom is 0.309 e. The number of aromatic nitrogens is 1. The lowest BCUT2D eigenvalue weighted by Gasteiger charge is -2.31. The van der Waals surface area contributed by atoms with Crippen LogP contribution in [-0.2, 0) is 9.53 Å². The summed E-state index contributed by atoms with van der Waals surface area (Å²) in [7, 11) is 0. The summed E-state index contributed by atoms with van der Waals surface area (Å²) in [6.45, 7) is 5.32. The number of hydrogen-bond acceptors (Lipinski definition) is 5. The number of rotatable bonds is 4. The summed E-state index contributed by atoms with van der Waals surface area (Å²) < 4.78 is 10.7. The molecule has 1 aromatic heterocycles. The Hall–Kier alpha value is -2.89. The second kappa shape index (κ2) is 7.62. The molecule has 0 saturated carbocycles. The van der Waals surface area contributed by atoms with Crippen molar-refractivity contribution in [3.63, 3.8) is 0 Å². The van der Waals surface area contributed by atoms with Gasteiger partial charge in [0.05, 0.1) is 12.5 Å². The van der Waals surface area contributed by atoms with E-state index in [4.69, 9.17) is 9.26 Å². The van der Waals surface area contributed by atoms with E-state index in [0.29, 0.717) is 31.2 Å². The van der Waals surface area contributed by atoms with E-state index >= 15 is 0 Å². The smallest absolute Gasteiger partial charge is 0.309 e. The highest BCUT2D eigenvalue weighted by Gasteiger charge is 2.46. The first kappa shape index (κ1) is 18.5. The van der Waals surface area contributed by atoms with Gasteiger partial charge in [-0.1, -0.05) is 54.6 Å². The second-order valence-corrected chi connectivity index (χ2v) is 7.50. The van der Waals surface area contributed by atoms with Gasteiger partial charge < -0.3 is 14.2 Å². The lowest BCUT2D eigenvalue weighted by atomic mass is 9.72. The van der Waals surface area contributed by atoms with Crippen LogP contribution in [0.2, 0.25) is 0 Å². The number of carbonyl (C=O) groups is 2. The summed E-state index contributed by atoms with van der Waals surface area (Å²) in [5, 5.41) is 3.98. The van der Waals surface area contributed by atoms with E-state index in [1.54, 1.807) is 11.0 Å². The lowest BCUT2D eigenvalue weighted by molar-refractivity contribution is -0.152. The van der Waals surface area contributed by atoms with Gasteiger partial charge in [0, 0.05) is 24.7 Å². The van der Waals surface area contributed by atoms with Crippen LogP contribution in [0.3, 0.4) is 0 Å². The summed E-state index contributed by atoms with van der Waals surface area (Å²) in [6.07, 6.45) is 4.21. The molecule has 2 heterocycles. The standard InChI is InChI=1S/C22H24N2O4/c1-3-27-22(26)20-14(2)9-10-16-12-24(13-17(16)20)21(25)18-11-19(28-23-18)15-7-5-4-6-8-15/h4-11,14,16-17,20H,3,12-13H2,1-2H3/t14-,16-,17-,20-/m0/s1. The number of esters is 1. The van der Waals surface area contributed by atoms with Gasteiger partial charge in [-0.25, -0.2) is 0 Å². The van der Waals surface area contributed by atoms with Crippen LogP contribution in [0.15, 0.2) is 53.1 Å². The van der Waals surface area contributed by atoms with E-state index in [1.165, 1.54) is 0 Å². The molecule has 4 atom stereocenters. The third-order valence-electron chi connectivity index (χ3n) is 5.74. The Morgan fingerprint density at radius 3 is 2.75 bits per heavy atom. The van der Waals surface area contributed by atoms with Gasteiger partial charge in [0.1, 0.15) is 0 Å². The molecule has 1 aliphatic carbocycles. The van der Waals surface area contributed by atoms with E-state index in [9.17, 15) is 9.59 Å². The van der Waals surface area contributed by atoms with Crippen molar-refractivity contribution < 1.29 is 18.8 Å². The Kier molecular flexibility index (Phi) is 5.03. The lowest BCUT2D eigenvalue weighted by Crippen LogP contribution is -2.37. The van der Waals surface area contributed by atoms with Crippen LogP contribution < -0.4 is 0 Å². The van der Waals surface area contributed by atoms with E-state index < -0.39 is 0 Å². The minimum absolute atomic E-state index is 0.0727. The van der Waals surface area contributed by atoms with Crippen molar-refractivity contribution in [3.05, 3.63) is 54.2 Å². The van der Waals surface area contributed by atoms with E-state index in [1.807, 2.05) is 44.2 Å². The number of carbonyl (C=O) groups excluding carboxylic acids is 2. The molecule has 6 heteroatoms. The average molecular weight is 380 g/mol.